The lowest BCUT2D eigenvalue weighted by molar-refractivity contribution is 0.100. The van der Waals surface area contributed by atoms with Gasteiger partial charge in [0.1, 0.15) is 5.52 Å². The number of nitrogens with two attached hydrogens (primary N) is 1. The molecule has 0 spiro atoms. The quantitative estimate of drug-likeness (QED) is 0.753. The van der Waals surface area contributed by atoms with E-state index in [0.29, 0.717) is 22.6 Å². The molecule has 1 amide bonds. The molecule has 0 bridgehead atoms. The van der Waals surface area contributed by atoms with Gasteiger partial charge in [0.25, 0.3) is 5.91 Å². The highest BCUT2D eigenvalue weighted by Gasteiger charge is 2.14. The van der Waals surface area contributed by atoms with Crippen molar-refractivity contribution in [3.63, 3.8) is 0 Å². The van der Waals surface area contributed by atoms with Crippen LogP contribution in [-0.4, -0.2) is 10.9 Å². The Labute approximate surface area is 101 Å². The molecule has 4 nitrogen and oxygen atoms in total. The van der Waals surface area contributed by atoms with Crippen LogP contribution in [-0.2, 0) is 0 Å². The van der Waals surface area contributed by atoms with Gasteiger partial charge in [-0.2, -0.15) is 0 Å². The number of oxazole rings is 1. The van der Waals surface area contributed by atoms with Crippen LogP contribution in [0.5, 0.6) is 0 Å². The predicted molar refractivity (Wildman–Crippen MR) is 65.8 cm³/mol. The third kappa shape index (κ3) is 1.60. The lowest BCUT2D eigenvalue weighted by Crippen LogP contribution is -2.11. The standard InChI is InChI=1S/C12H8N2O2S/c13-11(15)7-3-1-4-8-10(7)14-12(16-8)9-5-2-6-17-9/h1-6H,(H2,13,15). The number of hydrogen-bond acceptors (Lipinski definition) is 4. The highest BCUT2D eigenvalue weighted by atomic mass is 32.1. The number of amides is 1. The maximum atomic E-state index is 11.3. The summed E-state index contributed by atoms with van der Waals surface area (Å²) in [6.45, 7) is 0. The number of aromatic nitrogens is 1. The van der Waals surface area contributed by atoms with E-state index >= 15 is 0 Å². The predicted octanol–water partition coefficient (Wildman–Crippen LogP) is 2.66. The van der Waals surface area contributed by atoms with Crippen molar-refractivity contribution < 1.29 is 9.21 Å². The van der Waals surface area contributed by atoms with Gasteiger partial charge in [-0.3, -0.25) is 4.79 Å². The lowest BCUT2D eigenvalue weighted by atomic mass is 10.2. The minimum Gasteiger partial charge on any atom is -0.435 e. The fourth-order valence-corrected chi connectivity index (χ4v) is 2.30. The first-order valence-electron chi connectivity index (χ1n) is 4.99. The molecule has 17 heavy (non-hydrogen) atoms. The van der Waals surface area contributed by atoms with Crippen molar-refractivity contribution in [3.05, 3.63) is 41.3 Å². The van der Waals surface area contributed by atoms with Crippen molar-refractivity contribution in [1.29, 1.82) is 0 Å². The molecule has 0 unspecified atom stereocenters. The molecular weight excluding hydrogens is 236 g/mol. The first-order valence-corrected chi connectivity index (χ1v) is 5.87. The van der Waals surface area contributed by atoms with Gasteiger partial charge in [0.2, 0.25) is 5.89 Å². The van der Waals surface area contributed by atoms with Crippen molar-refractivity contribution in [2.24, 2.45) is 5.73 Å². The van der Waals surface area contributed by atoms with E-state index in [0.717, 1.165) is 4.88 Å². The molecule has 0 saturated carbocycles. The maximum absolute atomic E-state index is 11.3. The van der Waals surface area contributed by atoms with Crippen molar-refractivity contribution in [2.75, 3.05) is 0 Å². The molecule has 0 fully saturated rings. The molecule has 0 atom stereocenters. The van der Waals surface area contributed by atoms with Crippen LogP contribution in [0.3, 0.4) is 0 Å². The third-order valence-corrected chi connectivity index (χ3v) is 3.27. The Bertz CT molecular complexity index is 686. The van der Waals surface area contributed by atoms with Crippen LogP contribution in [0, 0.1) is 0 Å². The summed E-state index contributed by atoms with van der Waals surface area (Å²) in [7, 11) is 0. The Morgan fingerprint density at radius 1 is 1.29 bits per heavy atom. The molecule has 5 heteroatoms. The molecule has 2 N–H and O–H groups in total. The Kier molecular flexibility index (Phi) is 2.19. The van der Waals surface area contributed by atoms with Gasteiger partial charge in [-0.15, -0.1) is 11.3 Å². The number of para-hydroxylation sites is 1. The molecule has 0 radical (unpaired) electrons. The fraction of sp³-hybridized carbons (Fsp3) is 0. The first kappa shape index (κ1) is 10.0. The SMILES string of the molecule is NC(=O)c1cccc2oc(-c3cccs3)nc12. The van der Waals surface area contributed by atoms with E-state index in [9.17, 15) is 4.79 Å². The molecule has 0 aliphatic heterocycles. The van der Waals surface area contributed by atoms with Gasteiger partial charge >= 0.3 is 0 Å². The van der Waals surface area contributed by atoms with Crippen molar-refractivity contribution >= 4 is 28.3 Å². The number of carbonyl (C=O) groups excluding carboxylic acids is 1. The van der Waals surface area contributed by atoms with Gasteiger partial charge in [0.05, 0.1) is 10.4 Å². The van der Waals surface area contributed by atoms with Gasteiger partial charge in [-0.05, 0) is 23.6 Å². The average molecular weight is 244 g/mol. The van der Waals surface area contributed by atoms with Gasteiger partial charge in [-0.1, -0.05) is 12.1 Å². The lowest BCUT2D eigenvalue weighted by Gasteiger charge is -1.93. The first-order chi connectivity index (χ1) is 8.25. The topological polar surface area (TPSA) is 69.1 Å². The summed E-state index contributed by atoms with van der Waals surface area (Å²) < 4.78 is 5.59. The molecule has 0 aliphatic carbocycles. The summed E-state index contributed by atoms with van der Waals surface area (Å²) in [5.74, 6) is 0.0188. The molecule has 2 heterocycles. The highest BCUT2D eigenvalue weighted by Crippen LogP contribution is 2.28. The zero-order valence-electron chi connectivity index (χ0n) is 8.71. The molecule has 84 valence electrons. The fourth-order valence-electron chi connectivity index (χ4n) is 1.65. The third-order valence-electron chi connectivity index (χ3n) is 2.42. The van der Waals surface area contributed by atoms with Crippen LogP contribution in [0.25, 0.3) is 21.9 Å². The van der Waals surface area contributed by atoms with E-state index in [4.69, 9.17) is 10.2 Å². The average Bonchev–Trinajstić information content (AvgIpc) is 2.96. The summed E-state index contributed by atoms with van der Waals surface area (Å²) in [6, 6.07) is 8.98. The van der Waals surface area contributed by atoms with E-state index in [-0.39, 0.29) is 0 Å². The zero-order valence-corrected chi connectivity index (χ0v) is 9.53. The summed E-state index contributed by atoms with van der Waals surface area (Å²) in [5.41, 5.74) is 6.76. The number of fused-ring (bicyclic) bond motifs is 1. The molecule has 0 aliphatic rings. The molecule has 2 aromatic heterocycles. The van der Waals surface area contributed by atoms with E-state index in [1.165, 1.54) is 11.3 Å². The number of nitrogens with zero attached hydrogens (tertiary/aromatic N) is 1. The smallest absolute Gasteiger partial charge is 0.251 e. The Morgan fingerprint density at radius 3 is 2.88 bits per heavy atom. The normalized spacial score (nSPS) is 10.8. The Morgan fingerprint density at radius 2 is 2.18 bits per heavy atom. The van der Waals surface area contributed by atoms with Crippen LogP contribution in [0.1, 0.15) is 10.4 Å². The van der Waals surface area contributed by atoms with Crippen molar-refractivity contribution in [1.82, 2.24) is 4.98 Å². The Hall–Kier alpha value is -2.14. The molecular formula is C12H8N2O2S. The van der Waals surface area contributed by atoms with E-state index in [1.807, 2.05) is 17.5 Å². The number of primary amides is 1. The number of benzene rings is 1. The summed E-state index contributed by atoms with van der Waals surface area (Å²) in [5, 5.41) is 1.94. The van der Waals surface area contributed by atoms with Crippen LogP contribution in [0.2, 0.25) is 0 Å². The second kappa shape index (κ2) is 3.71. The van der Waals surface area contributed by atoms with Crippen LogP contribution < -0.4 is 5.73 Å². The second-order valence-electron chi connectivity index (χ2n) is 3.51. The number of carbonyl (C=O) groups is 1. The van der Waals surface area contributed by atoms with Crippen LogP contribution >= 0.6 is 11.3 Å². The van der Waals surface area contributed by atoms with Crippen molar-refractivity contribution in [3.8, 4) is 10.8 Å². The molecule has 0 saturated heterocycles. The van der Waals surface area contributed by atoms with E-state index in [2.05, 4.69) is 4.98 Å². The summed E-state index contributed by atoms with van der Waals surface area (Å²) in [6.07, 6.45) is 0. The van der Waals surface area contributed by atoms with E-state index in [1.54, 1.807) is 18.2 Å². The van der Waals surface area contributed by atoms with E-state index < -0.39 is 5.91 Å². The minimum absolute atomic E-state index is 0.383. The summed E-state index contributed by atoms with van der Waals surface area (Å²) in [4.78, 5) is 16.5. The number of hydrogen-bond donors (Lipinski definition) is 1. The van der Waals surface area contributed by atoms with Crippen LogP contribution in [0.15, 0.2) is 40.1 Å². The maximum Gasteiger partial charge on any atom is 0.251 e. The molecule has 3 rings (SSSR count). The van der Waals surface area contributed by atoms with Crippen LogP contribution in [0.4, 0.5) is 0 Å². The second-order valence-corrected chi connectivity index (χ2v) is 4.46. The van der Waals surface area contributed by atoms with Gasteiger partial charge in [0.15, 0.2) is 5.58 Å². The van der Waals surface area contributed by atoms with Gasteiger partial charge in [0, 0.05) is 0 Å². The summed E-state index contributed by atoms with van der Waals surface area (Å²) >= 11 is 1.53. The molecule has 1 aromatic carbocycles. The zero-order chi connectivity index (χ0) is 11.8. The van der Waals surface area contributed by atoms with Crippen molar-refractivity contribution in [2.45, 2.75) is 0 Å². The number of rotatable bonds is 2. The van der Waals surface area contributed by atoms with Gasteiger partial charge < -0.3 is 10.2 Å². The Balaban J connectivity index is 2.26. The molecule has 3 aromatic rings. The highest BCUT2D eigenvalue weighted by molar-refractivity contribution is 7.13. The monoisotopic (exact) mass is 244 g/mol. The largest absolute Gasteiger partial charge is 0.435 e. The minimum atomic E-state index is -0.498. The number of thiophene rings is 1. The van der Waals surface area contributed by atoms with Gasteiger partial charge in [-0.25, -0.2) is 4.98 Å².